The largest absolute Gasteiger partial charge is 0.394 e. The zero-order chi connectivity index (χ0) is 21.0. The van der Waals surface area contributed by atoms with Crippen molar-refractivity contribution in [1.29, 1.82) is 0 Å². The Hall–Kier alpha value is -1.77. The number of hydrogen-bond donors (Lipinski definition) is 2. The molecule has 1 fully saturated rings. The molecule has 5 atom stereocenters. The molecular formula is C22H28O6S. The summed E-state index contributed by atoms with van der Waals surface area (Å²) in [5.41, 5.74) is 0. The van der Waals surface area contributed by atoms with Gasteiger partial charge < -0.3 is 19.7 Å². The van der Waals surface area contributed by atoms with Gasteiger partial charge in [0.05, 0.1) is 41.7 Å². The molecule has 0 unspecified atom stereocenters. The molecule has 29 heavy (non-hydrogen) atoms. The van der Waals surface area contributed by atoms with Gasteiger partial charge in [-0.1, -0.05) is 36.4 Å². The van der Waals surface area contributed by atoms with Crippen LogP contribution >= 0.6 is 0 Å². The lowest BCUT2D eigenvalue weighted by atomic mass is 9.94. The van der Waals surface area contributed by atoms with Gasteiger partial charge in [-0.3, -0.25) is 0 Å². The summed E-state index contributed by atoms with van der Waals surface area (Å²) in [5.74, 6) is -0.543. The van der Waals surface area contributed by atoms with Crippen molar-refractivity contribution < 1.29 is 28.1 Å². The van der Waals surface area contributed by atoms with E-state index in [1.165, 1.54) is 7.11 Å². The van der Waals surface area contributed by atoms with Crippen LogP contribution in [0.5, 0.6) is 0 Å². The van der Waals surface area contributed by atoms with E-state index in [1.807, 2.05) is 30.3 Å². The minimum Gasteiger partial charge on any atom is -0.394 e. The molecule has 1 aliphatic rings. The fourth-order valence-electron chi connectivity index (χ4n) is 4.06. The Morgan fingerprint density at radius 2 is 1.93 bits per heavy atom. The molecule has 0 amide bonds. The zero-order valence-electron chi connectivity index (χ0n) is 16.5. The van der Waals surface area contributed by atoms with Crippen LogP contribution in [0, 0.1) is 5.92 Å². The van der Waals surface area contributed by atoms with Crippen LogP contribution in [0.1, 0.15) is 12.8 Å². The van der Waals surface area contributed by atoms with Gasteiger partial charge in [-0.2, -0.15) is 0 Å². The van der Waals surface area contributed by atoms with Crippen molar-refractivity contribution in [2.24, 2.45) is 5.92 Å². The van der Waals surface area contributed by atoms with Gasteiger partial charge in [0, 0.05) is 19.4 Å². The third kappa shape index (κ3) is 4.87. The number of benzene rings is 2. The van der Waals surface area contributed by atoms with Gasteiger partial charge >= 0.3 is 0 Å². The number of hydrogen-bond acceptors (Lipinski definition) is 6. The van der Waals surface area contributed by atoms with E-state index in [2.05, 4.69) is 6.58 Å². The lowest BCUT2D eigenvalue weighted by Crippen LogP contribution is -2.36. The van der Waals surface area contributed by atoms with Crippen LogP contribution in [0.4, 0.5) is 0 Å². The molecule has 3 rings (SSSR count). The topological polar surface area (TPSA) is 93.1 Å². The molecule has 2 aromatic rings. The Bertz CT molecular complexity index is 941. The summed E-state index contributed by atoms with van der Waals surface area (Å²) < 4.78 is 38.0. The predicted molar refractivity (Wildman–Crippen MR) is 111 cm³/mol. The maximum Gasteiger partial charge on any atom is 0.178 e. The molecule has 0 spiro atoms. The fraction of sp³-hybridized carbons (Fsp3) is 0.455. The predicted octanol–water partition coefficient (Wildman–Crippen LogP) is 2.33. The van der Waals surface area contributed by atoms with E-state index in [4.69, 9.17) is 14.6 Å². The van der Waals surface area contributed by atoms with E-state index in [-0.39, 0.29) is 29.8 Å². The maximum absolute atomic E-state index is 13.2. The fourth-order valence-corrected chi connectivity index (χ4v) is 5.74. The number of ether oxygens (including phenoxy) is 2. The smallest absolute Gasteiger partial charge is 0.178 e. The molecule has 0 radical (unpaired) electrons. The highest BCUT2D eigenvalue weighted by molar-refractivity contribution is 7.91. The van der Waals surface area contributed by atoms with Crippen LogP contribution < -0.4 is 0 Å². The summed E-state index contributed by atoms with van der Waals surface area (Å²) in [6, 6.07) is 12.7. The Kier molecular flexibility index (Phi) is 7.08. The van der Waals surface area contributed by atoms with E-state index in [9.17, 15) is 13.5 Å². The highest BCUT2D eigenvalue weighted by Crippen LogP contribution is 2.36. The minimum absolute atomic E-state index is 0.131. The normalized spacial score (nSPS) is 25.9. The number of sulfone groups is 1. The first kappa shape index (κ1) is 21.9. The van der Waals surface area contributed by atoms with Crippen LogP contribution in [0.25, 0.3) is 10.8 Å². The Morgan fingerprint density at radius 1 is 1.21 bits per heavy atom. The van der Waals surface area contributed by atoms with Gasteiger partial charge in [-0.05, 0) is 29.3 Å². The maximum atomic E-state index is 13.2. The summed E-state index contributed by atoms with van der Waals surface area (Å²) >= 11 is 0. The number of aliphatic hydroxyl groups is 2. The van der Waals surface area contributed by atoms with Crippen LogP contribution in [0.15, 0.2) is 60.0 Å². The van der Waals surface area contributed by atoms with Gasteiger partial charge in [0.15, 0.2) is 9.84 Å². The monoisotopic (exact) mass is 420 g/mol. The Morgan fingerprint density at radius 3 is 2.59 bits per heavy atom. The summed E-state index contributed by atoms with van der Waals surface area (Å²) in [7, 11) is -2.08. The highest BCUT2D eigenvalue weighted by atomic mass is 32.2. The van der Waals surface area contributed by atoms with Gasteiger partial charge in [-0.25, -0.2) is 8.42 Å². The highest BCUT2D eigenvalue weighted by Gasteiger charge is 2.46. The number of fused-ring (bicyclic) bond motifs is 1. The van der Waals surface area contributed by atoms with Crippen molar-refractivity contribution in [3.63, 3.8) is 0 Å². The van der Waals surface area contributed by atoms with Crippen molar-refractivity contribution >= 4 is 20.6 Å². The molecule has 1 aliphatic heterocycles. The molecule has 1 heterocycles. The van der Waals surface area contributed by atoms with Crippen molar-refractivity contribution in [3.05, 3.63) is 55.1 Å². The van der Waals surface area contributed by atoms with Crippen molar-refractivity contribution in [2.45, 2.75) is 42.2 Å². The van der Waals surface area contributed by atoms with E-state index in [0.717, 1.165) is 10.8 Å². The van der Waals surface area contributed by atoms with Gasteiger partial charge in [-0.15, -0.1) is 6.58 Å². The van der Waals surface area contributed by atoms with Crippen LogP contribution in [-0.2, 0) is 19.3 Å². The molecule has 158 valence electrons. The van der Waals surface area contributed by atoms with Crippen molar-refractivity contribution in [2.75, 3.05) is 19.5 Å². The molecule has 7 heteroatoms. The second-order valence-corrected chi connectivity index (χ2v) is 9.50. The number of rotatable bonds is 9. The molecule has 0 aliphatic carbocycles. The number of aliphatic hydroxyl groups excluding tert-OH is 2. The standard InChI is InChI=1S/C22H28O6S/c1-3-6-20-19(22(27-2)21(28-20)12-17(24)13-23)14-29(25,26)18-10-9-15-7-4-5-8-16(15)11-18/h3-5,7-11,17,19-24H,1,6,12-14H2,2H3/t17-,19-,20-,21+,22+/m0/s1. The van der Waals surface area contributed by atoms with Gasteiger partial charge in [0.1, 0.15) is 0 Å². The second-order valence-electron chi connectivity index (χ2n) is 7.46. The first-order valence-corrected chi connectivity index (χ1v) is 11.3. The average molecular weight is 421 g/mol. The van der Waals surface area contributed by atoms with Crippen LogP contribution in [0.3, 0.4) is 0 Å². The molecule has 0 saturated carbocycles. The summed E-state index contributed by atoms with van der Waals surface area (Å²) in [6.45, 7) is 3.35. The van der Waals surface area contributed by atoms with Crippen LogP contribution in [-0.4, -0.2) is 62.5 Å². The quantitative estimate of drug-likeness (QED) is 0.605. The third-order valence-electron chi connectivity index (χ3n) is 5.49. The Labute approximate surface area is 171 Å². The molecule has 1 saturated heterocycles. The van der Waals surface area contributed by atoms with Crippen molar-refractivity contribution in [3.8, 4) is 0 Å². The van der Waals surface area contributed by atoms with E-state index in [1.54, 1.807) is 18.2 Å². The summed E-state index contributed by atoms with van der Waals surface area (Å²) in [6.07, 6.45) is 0.0121. The van der Waals surface area contributed by atoms with Crippen molar-refractivity contribution in [1.82, 2.24) is 0 Å². The second kappa shape index (κ2) is 9.36. The third-order valence-corrected chi connectivity index (χ3v) is 7.29. The molecule has 0 bridgehead atoms. The van der Waals surface area contributed by atoms with E-state index < -0.39 is 34.1 Å². The first-order valence-electron chi connectivity index (χ1n) is 9.69. The molecule has 0 aromatic heterocycles. The molecule has 2 N–H and O–H groups in total. The summed E-state index contributed by atoms with van der Waals surface area (Å²) in [4.78, 5) is 0.266. The lowest BCUT2D eigenvalue weighted by Gasteiger charge is -2.23. The average Bonchev–Trinajstić information content (AvgIpc) is 3.02. The van der Waals surface area contributed by atoms with Gasteiger partial charge in [0.2, 0.25) is 0 Å². The number of methoxy groups -OCH3 is 1. The SMILES string of the molecule is C=CC[C@@H]1O[C@H](C[C@H](O)CO)[C@H](OC)[C@H]1CS(=O)(=O)c1ccc2ccccc2c1. The molecule has 2 aromatic carbocycles. The van der Waals surface area contributed by atoms with Crippen LogP contribution in [0.2, 0.25) is 0 Å². The Balaban J connectivity index is 1.87. The van der Waals surface area contributed by atoms with Gasteiger partial charge in [0.25, 0.3) is 0 Å². The van der Waals surface area contributed by atoms with E-state index >= 15 is 0 Å². The molecular weight excluding hydrogens is 392 g/mol. The lowest BCUT2D eigenvalue weighted by molar-refractivity contribution is -0.0394. The molecule has 6 nitrogen and oxygen atoms in total. The zero-order valence-corrected chi connectivity index (χ0v) is 17.3. The minimum atomic E-state index is -3.59. The first-order chi connectivity index (χ1) is 13.9. The summed E-state index contributed by atoms with van der Waals surface area (Å²) in [5, 5.41) is 20.8. The van der Waals surface area contributed by atoms with E-state index in [0.29, 0.717) is 6.42 Å².